The predicted molar refractivity (Wildman–Crippen MR) is 124 cm³/mol. The largest absolute Gasteiger partial charge is 0.325 e. The van der Waals surface area contributed by atoms with Crippen LogP contribution in [0.2, 0.25) is 0 Å². The van der Waals surface area contributed by atoms with Gasteiger partial charge in [-0.05, 0) is 49.2 Å². The van der Waals surface area contributed by atoms with E-state index in [1.165, 1.54) is 28.5 Å². The third-order valence-electron chi connectivity index (χ3n) is 4.79. The molecule has 2 aromatic carbocycles. The summed E-state index contributed by atoms with van der Waals surface area (Å²) in [5.74, 6) is 0.789. The molecule has 2 aromatic heterocycles. The van der Waals surface area contributed by atoms with Gasteiger partial charge in [-0.2, -0.15) is 0 Å². The summed E-state index contributed by atoms with van der Waals surface area (Å²) in [5.41, 5.74) is 5.25. The first-order valence-corrected chi connectivity index (χ1v) is 11.0. The van der Waals surface area contributed by atoms with Crippen molar-refractivity contribution in [2.45, 2.75) is 25.5 Å². The minimum Gasteiger partial charge on any atom is -0.325 e. The van der Waals surface area contributed by atoms with E-state index in [0.29, 0.717) is 17.5 Å². The highest BCUT2D eigenvalue weighted by atomic mass is 32.2. The molecule has 0 aliphatic heterocycles. The number of aromatic nitrogens is 4. The quantitative estimate of drug-likeness (QED) is 0.430. The molecule has 0 aliphatic carbocycles. The molecule has 4 aromatic rings. The Morgan fingerprint density at radius 2 is 1.81 bits per heavy atom. The van der Waals surface area contributed by atoms with E-state index in [4.69, 9.17) is 10.1 Å². The molecule has 6 nitrogen and oxygen atoms in total. The summed E-state index contributed by atoms with van der Waals surface area (Å²) in [6.07, 6.45) is 3.45. The third-order valence-corrected chi connectivity index (χ3v) is 5.76. The molecule has 2 heterocycles. The molecular weight excluding hydrogens is 406 g/mol. The van der Waals surface area contributed by atoms with Gasteiger partial charge in [-0.15, -0.1) is 5.10 Å². The van der Waals surface area contributed by atoms with Crippen molar-refractivity contribution in [2.24, 2.45) is 0 Å². The van der Waals surface area contributed by atoms with Crippen molar-refractivity contribution in [1.29, 1.82) is 0 Å². The van der Waals surface area contributed by atoms with Gasteiger partial charge in [0.25, 0.3) is 0 Å². The first-order valence-electron chi connectivity index (χ1n) is 9.97. The zero-order valence-corrected chi connectivity index (χ0v) is 18.3. The molecule has 0 saturated heterocycles. The van der Waals surface area contributed by atoms with Gasteiger partial charge in [-0.25, -0.2) is 9.67 Å². The van der Waals surface area contributed by atoms with Crippen molar-refractivity contribution >= 4 is 23.4 Å². The van der Waals surface area contributed by atoms with Crippen molar-refractivity contribution in [1.82, 2.24) is 19.7 Å². The summed E-state index contributed by atoms with van der Waals surface area (Å²) in [5, 5.41) is 8.35. The van der Waals surface area contributed by atoms with E-state index < -0.39 is 0 Å². The van der Waals surface area contributed by atoms with Crippen LogP contribution in [0.15, 0.2) is 78.2 Å². The van der Waals surface area contributed by atoms with Crippen LogP contribution >= 0.6 is 11.8 Å². The average molecular weight is 430 g/mol. The lowest BCUT2D eigenvalue weighted by atomic mass is 10.1. The average Bonchev–Trinajstić information content (AvgIpc) is 3.19. The lowest BCUT2D eigenvalue weighted by Crippen LogP contribution is -2.14. The Balaban J connectivity index is 1.56. The number of benzene rings is 2. The molecule has 31 heavy (non-hydrogen) atoms. The van der Waals surface area contributed by atoms with Gasteiger partial charge in [-0.1, -0.05) is 53.7 Å². The Hall–Kier alpha value is -3.45. The Labute approximate surface area is 185 Å². The molecule has 0 spiro atoms. The summed E-state index contributed by atoms with van der Waals surface area (Å²) < 4.78 is 1.87. The number of amides is 1. The number of para-hydroxylation sites is 1. The van der Waals surface area contributed by atoms with Crippen molar-refractivity contribution < 1.29 is 4.79 Å². The molecule has 156 valence electrons. The lowest BCUT2D eigenvalue weighted by molar-refractivity contribution is -0.113. The van der Waals surface area contributed by atoms with Crippen LogP contribution in [0.1, 0.15) is 16.7 Å². The second-order valence-electron chi connectivity index (χ2n) is 7.24. The molecule has 0 unspecified atom stereocenters. The van der Waals surface area contributed by atoms with E-state index in [1.807, 2.05) is 47.1 Å². The van der Waals surface area contributed by atoms with E-state index in [9.17, 15) is 4.79 Å². The van der Waals surface area contributed by atoms with Gasteiger partial charge in [0.15, 0.2) is 11.0 Å². The zero-order valence-electron chi connectivity index (χ0n) is 17.4. The molecule has 4 rings (SSSR count). The number of aryl methyl sites for hydroxylation is 2. The highest BCUT2D eigenvalue weighted by Gasteiger charge is 2.15. The van der Waals surface area contributed by atoms with Crippen molar-refractivity contribution in [3.63, 3.8) is 0 Å². The number of anilines is 1. The summed E-state index contributed by atoms with van der Waals surface area (Å²) in [6, 6.07) is 19.6. The summed E-state index contributed by atoms with van der Waals surface area (Å²) in [7, 11) is 0. The summed E-state index contributed by atoms with van der Waals surface area (Å²) in [4.78, 5) is 21.2. The number of nitrogens with one attached hydrogen (secondary N) is 1. The van der Waals surface area contributed by atoms with Crippen LogP contribution in [0.5, 0.6) is 0 Å². The van der Waals surface area contributed by atoms with Crippen LogP contribution in [-0.4, -0.2) is 31.4 Å². The van der Waals surface area contributed by atoms with Crippen LogP contribution in [0.3, 0.4) is 0 Å². The molecule has 1 N–H and O–H groups in total. The SMILES string of the molecule is Cc1ccc(C)c(Cn2nc(-c3ccncc3)nc2SCC(=O)Nc2ccccc2)c1. The molecule has 0 saturated carbocycles. The molecule has 7 heteroatoms. The fourth-order valence-electron chi connectivity index (χ4n) is 3.14. The van der Waals surface area contributed by atoms with E-state index in [0.717, 1.165) is 11.3 Å². The Kier molecular flexibility index (Phi) is 6.43. The smallest absolute Gasteiger partial charge is 0.234 e. The number of nitrogens with zero attached hydrogens (tertiary/aromatic N) is 4. The van der Waals surface area contributed by atoms with E-state index in [-0.39, 0.29) is 11.7 Å². The van der Waals surface area contributed by atoms with Crippen LogP contribution in [0.4, 0.5) is 5.69 Å². The highest BCUT2D eigenvalue weighted by molar-refractivity contribution is 7.99. The van der Waals surface area contributed by atoms with Crippen LogP contribution in [0, 0.1) is 13.8 Å². The maximum absolute atomic E-state index is 12.4. The number of carbonyl (C=O) groups is 1. The maximum atomic E-state index is 12.4. The molecular formula is C24H23N5OS. The van der Waals surface area contributed by atoms with Crippen LogP contribution < -0.4 is 5.32 Å². The van der Waals surface area contributed by atoms with Crippen LogP contribution in [-0.2, 0) is 11.3 Å². The molecule has 1 amide bonds. The second kappa shape index (κ2) is 9.57. The van der Waals surface area contributed by atoms with Crippen LogP contribution in [0.25, 0.3) is 11.4 Å². The zero-order chi connectivity index (χ0) is 21.6. The monoisotopic (exact) mass is 429 g/mol. The minimum absolute atomic E-state index is 0.0806. The van der Waals surface area contributed by atoms with Gasteiger partial charge >= 0.3 is 0 Å². The number of thioether (sulfide) groups is 1. The van der Waals surface area contributed by atoms with Crippen molar-refractivity contribution in [3.8, 4) is 11.4 Å². The number of hydrogen-bond donors (Lipinski definition) is 1. The fourth-order valence-corrected chi connectivity index (χ4v) is 3.88. The summed E-state index contributed by atoms with van der Waals surface area (Å²) >= 11 is 1.38. The molecule has 0 fully saturated rings. The first-order chi connectivity index (χ1) is 15.1. The van der Waals surface area contributed by atoms with E-state index in [2.05, 4.69) is 42.3 Å². The normalized spacial score (nSPS) is 10.8. The van der Waals surface area contributed by atoms with E-state index >= 15 is 0 Å². The van der Waals surface area contributed by atoms with Gasteiger partial charge in [0.05, 0.1) is 12.3 Å². The van der Waals surface area contributed by atoms with Gasteiger partial charge in [0.1, 0.15) is 0 Å². The predicted octanol–water partition coefficient (Wildman–Crippen LogP) is 4.74. The van der Waals surface area contributed by atoms with Gasteiger partial charge in [0, 0.05) is 23.6 Å². The molecule has 0 aliphatic rings. The third kappa shape index (κ3) is 5.38. The topological polar surface area (TPSA) is 72.7 Å². The van der Waals surface area contributed by atoms with Crippen molar-refractivity contribution in [3.05, 3.63) is 89.7 Å². The molecule has 0 atom stereocenters. The van der Waals surface area contributed by atoms with Gasteiger partial charge in [0.2, 0.25) is 5.91 Å². The Morgan fingerprint density at radius 3 is 2.58 bits per heavy atom. The highest BCUT2D eigenvalue weighted by Crippen LogP contribution is 2.23. The Morgan fingerprint density at radius 1 is 1.03 bits per heavy atom. The standard InChI is InChI=1S/C24H23N5OS/c1-17-8-9-18(2)20(14-17)15-29-24(27-23(28-29)19-10-12-25-13-11-19)31-16-22(30)26-21-6-4-3-5-7-21/h3-14H,15-16H2,1-2H3,(H,26,30). The number of carbonyl (C=O) groups excluding carboxylic acids is 1. The lowest BCUT2D eigenvalue weighted by Gasteiger charge is -2.09. The maximum Gasteiger partial charge on any atom is 0.234 e. The molecule has 0 radical (unpaired) electrons. The Bertz CT molecular complexity index is 1180. The van der Waals surface area contributed by atoms with E-state index in [1.54, 1.807) is 12.4 Å². The summed E-state index contributed by atoms with van der Waals surface area (Å²) in [6.45, 7) is 4.76. The molecule has 0 bridgehead atoms. The second-order valence-corrected chi connectivity index (χ2v) is 8.19. The number of rotatable bonds is 7. The minimum atomic E-state index is -0.0806. The fraction of sp³-hybridized carbons (Fsp3) is 0.167. The number of hydrogen-bond acceptors (Lipinski definition) is 5. The number of pyridine rings is 1. The van der Waals surface area contributed by atoms with Crippen molar-refractivity contribution in [2.75, 3.05) is 11.1 Å². The van der Waals surface area contributed by atoms with Gasteiger partial charge in [-0.3, -0.25) is 9.78 Å². The first kappa shape index (κ1) is 20.8. The van der Waals surface area contributed by atoms with Gasteiger partial charge < -0.3 is 5.32 Å².